The van der Waals surface area contributed by atoms with E-state index in [0.29, 0.717) is 31.9 Å². The number of carbonyl (C=O) groups excluding carboxylic acids is 1. The first-order valence-electron chi connectivity index (χ1n) is 6.44. The molecule has 1 heterocycles. The molecule has 0 aromatic heterocycles. The quantitative estimate of drug-likeness (QED) is 0.915. The Morgan fingerprint density at radius 2 is 2.15 bits per heavy atom. The van der Waals surface area contributed by atoms with Crippen molar-refractivity contribution < 1.29 is 9.53 Å². The molecule has 1 atom stereocenters. The molecule has 0 spiro atoms. The number of halogens is 1. The van der Waals surface area contributed by atoms with Crippen LogP contribution in [0.25, 0.3) is 0 Å². The van der Waals surface area contributed by atoms with Crippen LogP contribution in [0.5, 0.6) is 0 Å². The van der Waals surface area contributed by atoms with Gasteiger partial charge in [-0.2, -0.15) is 5.26 Å². The van der Waals surface area contributed by atoms with Gasteiger partial charge < -0.3 is 15.0 Å². The molecule has 1 N–H and O–H groups in total. The van der Waals surface area contributed by atoms with E-state index in [1.807, 2.05) is 13.0 Å². The third-order valence-electron chi connectivity index (χ3n) is 3.10. The van der Waals surface area contributed by atoms with Crippen LogP contribution in [0.15, 0.2) is 22.7 Å². The van der Waals surface area contributed by atoms with Gasteiger partial charge in [0.2, 0.25) is 5.91 Å². The third kappa shape index (κ3) is 3.71. The fourth-order valence-corrected chi connectivity index (χ4v) is 2.60. The maximum absolute atomic E-state index is 12.3. The Morgan fingerprint density at radius 3 is 2.80 bits per heavy atom. The molecule has 1 amide bonds. The van der Waals surface area contributed by atoms with E-state index in [1.54, 1.807) is 17.0 Å². The third-order valence-corrected chi connectivity index (χ3v) is 3.56. The van der Waals surface area contributed by atoms with Gasteiger partial charge in [-0.1, -0.05) is 15.9 Å². The second kappa shape index (κ2) is 6.73. The van der Waals surface area contributed by atoms with E-state index >= 15 is 0 Å². The van der Waals surface area contributed by atoms with Crippen molar-refractivity contribution in [3.05, 3.63) is 28.2 Å². The van der Waals surface area contributed by atoms with Gasteiger partial charge in [0.25, 0.3) is 0 Å². The largest absolute Gasteiger partial charge is 0.378 e. The molecule has 5 nitrogen and oxygen atoms in total. The van der Waals surface area contributed by atoms with Gasteiger partial charge in [0.15, 0.2) is 0 Å². The van der Waals surface area contributed by atoms with Gasteiger partial charge in [0, 0.05) is 23.2 Å². The molecule has 1 aliphatic heterocycles. The van der Waals surface area contributed by atoms with Crippen molar-refractivity contribution in [2.24, 2.45) is 0 Å². The minimum atomic E-state index is -0.339. The number of nitrogens with one attached hydrogen (secondary N) is 1. The van der Waals surface area contributed by atoms with Crippen LogP contribution in [-0.4, -0.2) is 43.2 Å². The number of rotatable bonds is 3. The average Bonchev–Trinajstić information content (AvgIpc) is 2.46. The summed E-state index contributed by atoms with van der Waals surface area (Å²) in [4.78, 5) is 14.1. The first-order valence-corrected chi connectivity index (χ1v) is 7.23. The summed E-state index contributed by atoms with van der Waals surface area (Å²) in [6.07, 6.45) is 0. The number of benzene rings is 1. The number of morpholine rings is 1. The fraction of sp³-hybridized carbons (Fsp3) is 0.429. The molecule has 1 fully saturated rings. The number of amides is 1. The van der Waals surface area contributed by atoms with E-state index < -0.39 is 0 Å². The Kier molecular flexibility index (Phi) is 4.99. The highest BCUT2D eigenvalue weighted by molar-refractivity contribution is 9.10. The number of nitrogens with zero attached hydrogens (tertiary/aromatic N) is 2. The average molecular weight is 338 g/mol. The van der Waals surface area contributed by atoms with Crippen LogP contribution >= 0.6 is 15.9 Å². The van der Waals surface area contributed by atoms with Gasteiger partial charge in [-0.05, 0) is 25.1 Å². The van der Waals surface area contributed by atoms with E-state index in [-0.39, 0.29) is 11.9 Å². The standard InChI is InChI=1S/C14H16BrN3O2/c1-10(14(19)18-2-4-20-5-3-18)17-13-7-11(9-16)6-12(15)8-13/h6-8,10,17H,2-5H2,1H3. The maximum Gasteiger partial charge on any atom is 0.244 e. The van der Waals surface area contributed by atoms with E-state index in [2.05, 4.69) is 27.3 Å². The zero-order valence-corrected chi connectivity index (χ0v) is 12.8. The van der Waals surface area contributed by atoms with Gasteiger partial charge in [0.1, 0.15) is 6.04 Å². The Bertz CT molecular complexity index is 536. The van der Waals surface area contributed by atoms with Gasteiger partial charge in [-0.15, -0.1) is 0 Å². The second-order valence-corrected chi connectivity index (χ2v) is 5.56. The monoisotopic (exact) mass is 337 g/mol. The Morgan fingerprint density at radius 1 is 1.45 bits per heavy atom. The van der Waals surface area contributed by atoms with E-state index in [1.165, 1.54) is 0 Å². The van der Waals surface area contributed by atoms with Crippen molar-refractivity contribution in [3.63, 3.8) is 0 Å². The van der Waals surface area contributed by atoms with Gasteiger partial charge >= 0.3 is 0 Å². The number of ether oxygens (including phenoxy) is 1. The van der Waals surface area contributed by atoms with Crippen molar-refractivity contribution in [1.29, 1.82) is 5.26 Å². The van der Waals surface area contributed by atoms with Crippen molar-refractivity contribution >= 4 is 27.5 Å². The highest BCUT2D eigenvalue weighted by atomic mass is 79.9. The number of hydrogen-bond donors (Lipinski definition) is 1. The molecule has 1 aromatic carbocycles. The van der Waals surface area contributed by atoms with Crippen LogP contribution < -0.4 is 5.32 Å². The normalized spacial score (nSPS) is 16.4. The smallest absolute Gasteiger partial charge is 0.244 e. The summed E-state index contributed by atoms with van der Waals surface area (Å²) >= 11 is 3.35. The summed E-state index contributed by atoms with van der Waals surface area (Å²) in [5.74, 6) is 0.0479. The SMILES string of the molecule is CC(Nc1cc(Br)cc(C#N)c1)C(=O)N1CCOCC1. The van der Waals surface area contributed by atoms with E-state index in [0.717, 1.165) is 10.2 Å². The van der Waals surface area contributed by atoms with Gasteiger partial charge in [-0.25, -0.2) is 0 Å². The van der Waals surface area contributed by atoms with Gasteiger partial charge in [0.05, 0.1) is 24.8 Å². The minimum Gasteiger partial charge on any atom is -0.378 e. The summed E-state index contributed by atoms with van der Waals surface area (Å²) in [5.41, 5.74) is 1.30. The molecule has 0 saturated carbocycles. The molecular weight excluding hydrogens is 322 g/mol. The highest BCUT2D eigenvalue weighted by Gasteiger charge is 2.22. The van der Waals surface area contributed by atoms with Crippen molar-refractivity contribution in [1.82, 2.24) is 4.90 Å². The van der Waals surface area contributed by atoms with Crippen LogP contribution in [0.4, 0.5) is 5.69 Å². The molecule has 1 saturated heterocycles. The summed E-state index contributed by atoms with van der Waals surface area (Å²) in [5, 5.41) is 12.1. The molecular formula is C14H16BrN3O2. The molecule has 0 bridgehead atoms. The number of carbonyl (C=O) groups is 1. The highest BCUT2D eigenvalue weighted by Crippen LogP contribution is 2.20. The first-order chi connectivity index (χ1) is 9.60. The lowest BCUT2D eigenvalue weighted by atomic mass is 10.2. The van der Waals surface area contributed by atoms with E-state index in [9.17, 15) is 4.79 Å². The Balaban J connectivity index is 2.03. The molecule has 1 unspecified atom stereocenters. The lowest BCUT2D eigenvalue weighted by molar-refractivity contribution is -0.135. The van der Waals surface area contributed by atoms with Crippen molar-refractivity contribution in [2.75, 3.05) is 31.6 Å². The first kappa shape index (κ1) is 14.8. The summed E-state index contributed by atoms with van der Waals surface area (Å²) in [6, 6.07) is 7.07. The molecule has 0 aliphatic carbocycles. The zero-order chi connectivity index (χ0) is 14.5. The molecule has 20 heavy (non-hydrogen) atoms. The molecule has 2 rings (SSSR count). The van der Waals surface area contributed by atoms with E-state index in [4.69, 9.17) is 10.00 Å². The summed E-state index contributed by atoms with van der Waals surface area (Å²) in [6.45, 7) is 4.27. The van der Waals surface area contributed by atoms with Crippen LogP contribution in [0.3, 0.4) is 0 Å². The lowest BCUT2D eigenvalue weighted by Crippen LogP contribution is -2.47. The number of anilines is 1. The van der Waals surface area contributed by atoms with Crippen molar-refractivity contribution in [3.8, 4) is 6.07 Å². The van der Waals surface area contributed by atoms with Crippen LogP contribution in [0.2, 0.25) is 0 Å². The number of nitriles is 1. The maximum atomic E-state index is 12.3. The molecule has 6 heteroatoms. The molecule has 0 radical (unpaired) electrons. The topological polar surface area (TPSA) is 65.4 Å². The van der Waals surface area contributed by atoms with Crippen LogP contribution in [0.1, 0.15) is 12.5 Å². The van der Waals surface area contributed by atoms with Crippen LogP contribution in [0, 0.1) is 11.3 Å². The predicted molar refractivity (Wildman–Crippen MR) is 79.3 cm³/mol. The predicted octanol–water partition coefficient (Wildman–Crippen LogP) is 1.98. The summed E-state index contributed by atoms with van der Waals surface area (Å²) in [7, 11) is 0. The zero-order valence-electron chi connectivity index (χ0n) is 11.2. The summed E-state index contributed by atoms with van der Waals surface area (Å²) < 4.78 is 6.05. The fourth-order valence-electron chi connectivity index (χ4n) is 2.11. The number of hydrogen-bond acceptors (Lipinski definition) is 4. The second-order valence-electron chi connectivity index (χ2n) is 4.64. The Hall–Kier alpha value is -1.58. The minimum absolute atomic E-state index is 0.0479. The Labute approximate surface area is 126 Å². The molecule has 106 valence electrons. The molecule has 1 aromatic rings. The lowest BCUT2D eigenvalue weighted by Gasteiger charge is -2.29. The molecule has 1 aliphatic rings. The van der Waals surface area contributed by atoms with Crippen LogP contribution in [-0.2, 0) is 9.53 Å². The van der Waals surface area contributed by atoms with Gasteiger partial charge in [-0.3, -0.25) is 4.79 Å². The van der Waals surface area contributed by atoms with Crippen molar-refractivity contribution in [2.45, 2.75) is 13.0 Å².